The third-order valence-corrected chi connectivity index (χ3v) is 4.00. The van der Waals surface area contributed by atoms with Crippen LogP contribution < -0.4 is 9.47 Å². The summed E-state index contributed by atoms with van der Waals surface area (Å²) < 4.78 is 11.9. The van der Waals surface area contributed by atoms with Gasteiger partial charge in [0.25, 0.3) is 0 Å². The highest BCUT2D eigenvalue weighted by Crippen LogP contribution is 2.50. The summed E-state index contributed by atoms with van der Waals surface area (Å²) in [7, 11) is 0. The number of ether oxygens (including phenoxy) is 2. The maximum absolute atomic E-state index is 8.83. The highest BCUT2D eigenvalue weighted by molar-refractivity contribution is 5.50. The van der Waals surface area contributed by atoms with Crippen molar-refractivity contribution >= 4 is 0 Å². The second kappa shape index (κ2) is 4.16. The van der Waals surface area contributed by atoms with E-state index in [9.17, 15) is 0 Å². The first kappa shape index (κ1) is 12.3. The summed E-state index contributed by atoms with van der Waals surface area (Å²) in [6, 6.07) is 8.33. The van der Waals surface area contributed by atoms with Crippen LogP contribution in [0, 0.1) is 16.7 Å². The molecule has 1 saturated carbocycles. The molecule has 1 aliphatic carbocycles. The van der Waals surface area contributed by atoms with Crippen molar-refractivity contribution in [1.29, 1.82) is 5.26 Å². The molecular weight excluding hydrogens is 238 g/mol. The fourth-order valence-electron chi connectivity index (χ4n) is 2.65. The van der Waals surface area contributed by atoms with E-state index in [0.717, 1.165) is 30.8 Å². The molecule has 3 nitrogen and oxygen atoms in total. The van der Waals surface area contributed by atoms with Gasteiger partial charge in [0, 0.05) is 23.8 Å². The third kappa shape index (κ3) is 2.40. The molecule has 1 aromatic rings. The van der Waals surface area contributed by atoms with Crippen molar-refractivity contribution in [3.8, 4) is 17.6 Å². The lowest BCUT2D eigenvalue weighted by molar-refractivity contribution is 0.129. The molecule has 0 unspecified atom stereocenters. The molecule has 19 heavy (non-hydrogen) atoms. The van der Waals surface area contributed by atoms with Crippen molar-refractivity contribution in [2.24, 2.45) is 5.41 Å². The van der Waals surface area contributed by atoms with Crippen molar-refractivity contribution in [2.75, 3.05) is 6.61 Å². The van der Waals surface area contributed by atoms with Crippen molar-refractivity contribution in [3.63, 3.8) is 0 Å². The molecule has 0 atom stereocenters. The van der Waals surface area contributed by atoms with E-state index < -0.39 is 0 Å². The quantitative estimate of drug-likeness (QED) is 0.829. The lowest BCUT2D eigenvalue weighted by Gasteiger charge is -2.19. The van der Waals surface area contributed by atoms with Gasteiger partial charge in [-0.15, -0.1) is 0 Å². The highest BCUT2D eigenvalue weighted by atomic mass is 16.5. The molecule has 0 spiro atoms. The molecule has 100 valence electrons. The van der Waals surface area contributed by atoms with Crippen LogP contribution in [0.1, 0.15) is 38.7 Å². The van der Waals surface area contributed by atoms with Crippen molar-refractivity contribution in [3.05, 3.63) is 23.8 Å². The van der Waals surface area contributed by atoms with Crippen molar-refractivity contribution in [1.82, 2.24) is 0 Å². The maximum Gasteiger partial charge on any atom is 0.165 e. The normalized spacial score (nSPS) is 21.1. The highest BCUT2D eigenvalue weighted by Gasteiger charge is 2.43. The molecule has 0 radical (unpaired) electrons. The molecule has 1 aromatic carbocycles. The van der Waals surface area contributed by atoms with Crippen LogP contribution in [0.5, 0.6) is 11.5 Å². The van der Waals surface area contributed by atoms with Crippen LogP contribution >= 0.6 is 0 Å². The molecule has 1 aliphatic heterocycles. The fourth-order valence-corrected chi connectivity index (χ4v) is 2.65. The summed E-state index contributed by atoms with van der Waals surface area (Å²) in [5, 5.41) is 8.83. The molecule has 1 fully saturated rings. The Hall–Kier alpha value is -1.69. The number of para-hydroxylation sites is 1. The summed E-state index contributed by atoms with van der Waals surface area (Å²) in [4.78, 5) is 0. The van der Waals surface area contributed by atoms with Gasteiger partial charge >= 0.3 is 0 Å². The monoisotopic (exact) mass is 257 g/mol. The van der Waals surface area contributed by atoms with E-state index in [1.54, 1.807) is 0 Å². The smallest absolute Gasteiger partial charge is 0.165 e. The molecule has 0 N–H and O–H groups in total. The Balaban J connectivity index is 1.74. The Morgan fingerprint density at radius 3 is 2.84 bits per heavy atom. The van der Waals surface area contributed by atoms with E-state index in [1.165, 1.54) is 5.56 Å². The number of rotatable bonds is 4. The lowest BCUT2D eigenvalue weighted by Crippen LogP contribution is -2.24. The summed E-state index contributed by atoms with van der Waals surface area (Å²) in [5.74, 6) is 1.72. The molecule has 2 aliphatic rings. The minimum Gasteiger partial charge on any atom is -0.489 e. The Kier molecular flexibility index (Phi) is 2.70. The second-order valence-electron chi connectivity index (χ2n) is 6.41. The van der Waals surface area contributed by atoms with Gasteiger partial charge in [-0.2, -0.15) is 5.26 Å². The fraction of sp³-hybridized carbons (Fsp3) is 0.562. The topological polar surface area (TPSA) is 42.2 Å². The van der Waals surface area contributed by atoms with Gasteiger partial charge in [0.15, 0.2) is 11.5 Å². The second-order valence-corrected chi connectivity index (χ2v) is 6.41. The first-order valence-corrected chi connectivity index (χ1v) is 6.84. The molecule has 0 bridgehead atoms. The zero-order valence-electron chi connectivity index (χ0n) is 11.5. The van der Waals surface area contributed by atoms with Crippen LogP contribution in [-0.2, 0) is 6.42 Å². The molecule has 3 rings (SSSR count). The summed E-state index contributed by atoms with van der Waals surface area (Å²) in [5.41, 5.74) is 1.17. The zero-order chi connectivity index (χ0) is 13.5. The van der Waals surface area contributed by atoms with Gasteiger partial charge in [-0.25, -0.2) is 0 Å². The van der Waals surface area contributed by atoms with Crippen LogP contribution in [0.15, 0.2) is 18.2 Å². The Labute approximate surface area is 114 Å². The average Bonchev–Trinajstić information content (AvgIpc) is 3.02. The number of hydrogen-bond donors (Lipinski definition) is 0. The third-order valence-electron chi connectivity index (χ3n) is 4.00. The van der Waals surface area contributed by atoms with Crippen LogP contribution in [0.25, 0.3) is 0 Å². The van der Waals surface area contributed by atoms with Gasteiger partial charge in [-0.05, 0) is 32.8 Å². The Morgan fingerprint density at radius 2 is 2.16 bits per heavy atom. The van der Waals surface area contributed by atoms with E-state index in [-0.39, 0.29) is 11.0 Å². The maximum atomic E-state index is 8.83. The number of hydrogen-bond acceptors (Lipinski definition) is 3. The first-order valence-electron chi connectivity index (χ1n) is 6.84. The SMILES string of the molecule is CC1(C)Cc2cccc(OCC3(CC#N)CC3)c2O1. The predicted octanol–water partition coefficient (Wildman–Crippen LogP) is 3.47. The molecule has 3 heteroatoms. The molecular formula is C16H19NO2. The van der Waals surface area contributed by atoms with Crippen LogP contribution in [0.3, 0.4) is 0 Å². The number of nitrogens with zero attached hydrogens (tertiary/aromatic N) is 1. The molecule has 0 aromatic heterocycles. The van der Waals surface area contributed by atoms with Gasteiger partial charge in [0.2, 0.25) is 0 Å². The minimum atomic E-state index is -0.147. The van der Waals surface area contributed by atoms with Gasteiger partial charge in [0.05, 0.1) is 12.7 Å². The van der Waals surface area contributed by atoms with E-state index in [2.05, 4.69) is 26.0 Å². The van der Waals surface area contributed by atoms with Gasteiger partial charge < -0.3 is 9.47 Å². The minimum absolute atomic E-state index is 0.103. The largest absolute Gasteiger partial charge is 0.489 e. The lowest BCUT2D eigenvalue weighted by atomic mass is 10.0. The summed E-state index contributed by atoms with van der Waals surface area (Å²) >= 11 is 0. The first-order chi connectivity index (χ1) is 9.04. The number of nitriles is 1. The van der Waals surface area contributed by atoms with Gasteiger partial charge in [-0.3, -0.25) is 0 Å². The molecule has 1 heterocycles. The Morgan fingerprint density at radius 1 is 1.37 bits per heavy atom. The van der Waals surface area contributed by atoms with Gasteiger partial charge in [0.1, 0.15) is 5.60 Å². The van der Waals surface area contributed by atoms with Crippen molar-refractivity contribution < 1.29 is 9.47 Å². The number of benzene rings is 1. The predicted molar refractivity (Wildman–Crippen MR) is 72.2 cm³/mol. The summed E-state index contributed by atoms with van der Waals surface area (Å²) in [6.07, 6.45) is 3.71. The van der Waals surface area contributed by atoms with Crippen LogP contribution in [0.4, 0.5) is 0 Å². The number of fused-ring (bicyclic) bond motifs is 1. The van der Waals surface area contributed by atoms with E-state index >= 15 is 0 Å². The Bertz CT molecular complexity index is 538. The van der Waals surface area contributed by atoms with Crippen LogP contribution in [-0.4, -0.2) is 12.2 Å². The van der Waals surface area contributed by atoms with Crippen molar-refractivity contribution in [2.45, 2.75) is 45.1 Å². The standard InChI is InChI=1S/C16H19NO2/c1-15(2)10-12-4-3-5-13(14(12)19-15)18-11-16(6-7-16)8-9-17/h3-5H,6-8,10-11H2,1-2H3. The molecule has 0 amide bonds. The van der Waals surface area contributed by atoms with Crippen LogP contribution in [0.2, 0.25) is 0 Å². The average molecular weight is 257 g/mol. The van der Waals surface area contributed by atoms with E-state index in [4.69, 9.17) is 14.7 Å². The van der Waals surface area contributed by atoms with E-state index in [1.807, 2.05) is 12.1 Å². The zero-order valence-corrected chi connectivity index (χ0v) is 11.5. The van der Waals surface area contributed by atoms with E-state index in [0.29, 0.717) is 13.0 Å². The summed E-state index contributed by atoms with van der Waals surface area (Å²) in [6.45, 7) is 4.81. The van der Waals surface area contributed by atoms with Gasteiger partial charge in [-0.1, -0.05) is 12.1 Å². The molecule has 0 saturated heterocycles.